The maximum Gasteiger partial charge on any atom is 0.274 e. The van der Waals surface area contributed by atoms with E-state index in [4.69, 9.17) is 5.14 Å². The van der Waals surface area contributed by atoms with Crippen molar-refractivity contribution in [2.24, 2.45) is 10.6 Å². The molecule has 1 spiro atoms. The molecule has 7 heteroatoms. The zero-order chi connectivity index (χ0) is 16.5. The van der Waals surface area contributed by atoms with E-state index in [2.05, 4.69) is 4.72 Å². The van der Waals surface area contributed by atoms with Crippen molar-refractivity contribution in [3.63, 3.8) is 0 Å². The van der Waals surface area contributed by atoms with Crippen molar-refractivity contribution >= 4 is 16.0 Å². The van der Waals surface area contributed by atoms with Crippen molar-refractivity contribution < 1.29 is 18.3 Å². The first-order valence-electron chi connectivity index (χ1n) is 7.19. The minimum absolute atomic E-state index is 0.0445. The van der Waals surface area contributed by atoms with Gasteiger partial charge in [-0.05, 0) is 56.4 Å². The Balaban J connectivity index is 2.09. The van der Waals surface area contributed by atoms with E-state index in [-0.39, 0.29) is 12.3 Å². The number of fused-ring (bicyclic) bond motifs is 1. The smallest absolute Gasteiger partial charge is 0.274 e. The highest BCUT2D eigenvalue weighted by atomic mass is 32.2. The van der Waals surface area contributed by atoms with Crippen LogP contribution in [0, 0.1) is 5.41 Å². The number of aliphatic hydroxyl groups is 1. The Bertz CT molecular complexity index is 780. The van der Waals surface area contributed by atoms with Gasteiger partial charge in [-0.3, -0.25) is 4.79 Å². The molecule has 1 atom stereocenters. The molecule has 4 N–H and O–H groups in total. The third kappa shape index (κ3) is 1.96. The van der Waals surface area contributed by atoms with Crippen molar-refractivity contribution in [3.8, 4) is 0 Å². The van der Waals surface area contributed by atoms with Crippen LogP contribution in [0.15, 0.2) is 33.9 Å². The van der Waals surface area contributed by atoms with Gasteiger partial charge in [0, 0.05) is 17.5 Å². The van der Waals surface area contributed by atoms with Gasteiger partial charge in [0.05, 0.1) is 0 Å². The quantitative estimate of drug-likeness (QED) is 0.701. The molecule has 0 amide bonds. The van der Waals surface area contributed by atoms with E-state index >= 15 is 0 Å². The Morgan fingerprint density at radius 3 is 2.45 bits per heavy atom. The van der Waals surface area contributed by atoms with E-state index < -0.39 is 21.2 Å². The summed E-state index contributed by atoms with van der Waals surface area (Å²) in [5.74, 6) is -0.282. The number of carbonyl (C=O) groups is 1. The number of ketones is 1. The molecule has 3 rings (SSSR count). The summed E-state index contributed by atoms with van der Waals surface area (Å²) in [4.78, 5) is 12.7. The second-order valence-corrected chi connectivity index (χ2v) is 7.95. The molecule has 0 aromatic rings. The van der Waals surface area contributed by atoms with Crippen LogP contribution >= 0.6 is 0 Å². The van der Waals surface area contributed by atoms with E-state index in [1.54, 1.807) is 13.0 Å². The van der Waals surface area contributed by atoms with Crippen LogP contribution in [-0.2, 0) is 15.0 Å². The number of nitrogens with one attached hydrogen (secondary N) is 1. The van der Waals surface area contributed by atoms with Gasteiger partial charge in [0.2, 0.25) is 0 Å². The van der Waals surface area contributed by atoms with Gasteiger partial charge < -0.3 is 5.11 Å². The number of carbonyl (C=O) groups excluding carboxylic acids is 1. The Morgan fingerprint density at radius 1 is 1.36 bits per heavy atom. The van der Waals surface area contributed by atoms with E-state index in [0.717, 1.165) is 35.1 Å². The SMILES string of the molecule is CC1=C(CNS(N)(=O)=O)C2=C(C)C3(CC3)[C@@](C)(O)C(=O)C2=C1. The molecule has 6 nitrogen and oxygen atoms in total. The largest absolute Gasteiger partial charge is 0.381 e. The predicted molar refractivity (Wildman–Crippen MR) is 81.9 cm³/mol. The average Bonchev–Trinajstić information content (AvgIpc) is 3.13. The van der Waals surface area contributed by atoms with Crippen LogP contribution in [0.5, 0.6) is 0 Å². The van der Waals surface area contributed by atoms with Crippen LogP contribution in [-0.4, -0.2) is 31.5 Å². The molecule has 0 unspecified atom stereocenters. The maximum atomic E-state index is 12.7. The normalized spacial score (nSPS) is 30.0. The maximum absolute atomic E-state index is 12.7. The monoisotopic (exact) mass is 324 g/mol. The summed E-state index contributed by atoms with van der Waals surface area (Å²) >= 11 is 0. The van der Waals surface area contributed by atoms with Gasteiger partial charge in [-0.25, -0.2) is 5.14 Å². The van der Waals surface area contributed by atoms with Crippen molar-refractivity contribution in [1.82, 2.24) is 4.72 Å². The number of hydrogen-bond acceptors (Lipinski definition) is 4. The van der Waals surface area contributed by atoms with Crippen molar-refractivity contribution in [2.75, 3.05) is 6.54 Å². The number of nitrogens with two attached hydrogens (primary N) is 1. The molecule has 3 aliphatic carbocycles. The number of hydrogen-bond donors (Lipinski definition) is 3. The molecule has 120 valence electrons. The van der Waals surface area contributed by atoms with Gasteiger partial charge >= 0.3 is 0 Å². The fourth-order valence-electron chi connectivity index (χ4n) is 3.81. The molecule has 0 radical (unpaired) electrons. The van der Waals surface area contributed by atoms with Gasteiger partial charge in [0.15, 0.2) is 5.78 Å². The first kappa shape index (κ1) is 15.6. The summed E-state index contributed by atoms with van der Waals surface area (Å²) in [6, 6.07) is 0. The molecule has 0 aromatic carbocycles. The Morgan fingerprint density at radius 2 is 1.95 bits per heavy atom. The highest BCUT2D eigenvalue weighted by Gasteiger charge is 2.64. The molecule has 1 saturated carbocycles. The van der Waals surface area contributed by atoms with Crippen molar-refractivity contribution in [2.45, 2.75) is 39.2 Å². The molecule has 3 aliphatic rings. The first-order chi connectivity index (χ1) is 10.0. The fourth-order valence-corrected chi connectivity index (χ4v) is 4.16. The van der Waals surface area contributed by atoms with Crippen molar-refractivity contribution in [1.29, 1.82) is 0 Å². The van der Waals surface area contributed by atoms with Crippen LogP contribution in [0.2, 0.25) is 0 Å². The molecule has 1 fully saturated rings. The summed E-state index contributed by atoms with van der Waals surface area (Å²) in [6.07, 6.45) is 3.26. The molecule has 22 heavy (non-hydrogen) atoms. The zero-order valence-corrected chi connectivity index (χ0v) is 13.7. The van der Waals surface area contributed by atoms with Gasteiger partial charge in [-0.15, -0.1) is 0 Å². The van der Waals surface area contributed by atoms with Gasteiger partial charge in [0.1, 0.15) is 5.60 Å². The molecule has 0 saturated heterocycles. The summed E-state index contributed by atoms with van der Waals surface area (Å²) in [5, 5.41) is 15.7. The van der Waals surface area contributed by atoms with Gasteiger partial charge in [0.25, 0.3) is 10.2 Å². The Kier molecular flexibility index (Phi) is 3.11. The first-order valence-corrected chi connectivity index (χ1v) is 8.74. The standard InChI is InChI=1S/C15H20N2O4S/c1-8-6-10-12(11(8)7-17-22(16,20)21)9(2)15(4-5-15)14(3,19)13(10)18/h6,17,19H,4-5,7H2,1-3H3,(H2,16,20,21)/t14-/m0/s1. The molecule has 0 heterocycles. The molecule has 0 bridgehead atoms. The van der Waals surface area contributed by atoms with E-state index in [1.165, 1.54) is 0 Å². The topological polar surface area (TPSA) is 109 Å². The summed E-state index contributed by atoms with van der Waals surface area (Å²) < 4.78 is 24.6. The molecular formula is C15H20N2O4S. The van der Waals surface area contributed by atoms with Crippen LogP contribution in [0.25, 0.3) is 0 Å². The zero-order valence-electron chi connectivity index (χ0n) is 12.9. The van der Waals surface area contributed by atoms with E-state index in [9.17, 15) is 18.3 Å². The summed E-state index contributed by atoms with van der Waals surface area (Å²) in [6.45, 7) is 5.38. The Hall–Kier alpha value is -1.28. The van der Waals surface area contributed by atoms with E-state index in [0.29, 0.717) is 5.57 Å². The average molecular weight is 324 g/mol. The number of Topliss-reactive ketones (excluding diaryl/α,β-unsaturated/α-hetero) is 1. The molecular weight excluding hydrogens is 304 g/mol. The molecule has 0 aliphatic heterocycles. The lowest BCUT2D eigenvalue weighted by Gasteiger charge is -2.39. The molecule has 0 aromatic heterocycles. The van der Waals surface area contributed by atoms with Crippen molar-refractivity contribution in [3.05, 3.63) is 33.9 Å². The summed E-state index contributed by atoms with van der Waals surface area (Å²) in [5.41, 5.74) is 1.90. The minimum atomic E-state index is -3.80. The van der Waals surface area contributed by atoms with Crippen LogP contribution in [0.4, 0.5) is 0 Å². The van der Waals surface area contributed by atoms with E-state index in [1.807, 2.05) is 13.8 Å². The highest BCUT2D eigenvalue weighted by Crippen LogP contribution is 2.64. The van der Waals surface area contributed by atoms with Crippen LogP contribution in [0.3, 0.4) is 0 Å². The van der Waals surface area contributed by atoms with Gasteiger partial charge in [-0.1, -0.05) is 5.57 Å². The number of allylic oxidation sites excluding steroid dienone is 2. The fraction of sp³-hybridized carbons (Fsp3) is 0.533. The third-order valence-electron chi connectivity index (χ3n) is 5.32. The Labute approximate surface area is 130 Å². The second kappa shape index (κ2) is 4.38. The summed E-state index contributed by atoms with van der Waals surface area (Å²) in [7, 11) is -3.80. The lowest BCUT2D eigenvalue weighted by Crippen LogP contribution is -2.49. The second-order valence-electron chi connectivity index (χ2n) is 6.57. The predicted octanol–water partition coefficient (Wildman–Crippen LogP) is 0.466. The minimum Gasteiger partial charge on any atom is -0.381 e. The number of rotatable bonds is 3. The highest BCUT2D eigenvalue weighted by molar-refractivity contribution is 7.87. The van der Waals surface area contributed by atoms with Gasteiger partial charge in [-0.2, -0.15) is 13.1 Å². The lowest BCUT2D eigenvalue weighted by atomic mass is 9.67. The van der Waals surface area contributed by atoms with Crippen LogP contribution in [0.1, 0.15) is 33.6 Å². The van der Waals surface area contributed by atoms with Crippen LogP contribution < -0.4 is 9.86 Å². The third-order valence-corrected chi connectivity index (χ3v) is 5.87. The lowest BCUT2D eigenvalue weighted by molar-refractivity contribution is -0.137.